The molecule has 6 rings (SSSR count). The molecule has 2 aliphatic rings. The van der Waals surface area contributed by atoms with Crippen molar-refractivity contribution in [1.29, 1.82) is 5.26 Å². The molecule has 0 spiro atoms. The van der Waals surface area contributed by atoms with Gasteiger partial charge in [0.15, 0.2) is 0 Å². The lowest BCUT2D eigenvalue weighted by atomic mass is 10.1. The molecular weight excluding hydrogens is 570 g/mol. The van der Waals surface area contributed by atoms with Crippen LogP contribution in [0.25, 0.3) is 11.0 Å². The number of benzene rings is 2. The zero-order valence-electron chi connectivity index (χ0n) is 24.2. The van der Waals surface area contributed by atoms with Gasteiger partial charge in [-0.05, 0) is 49.7 Å². The van der Waals surface area contributed by atoms with Gasteiger partial charge in [-0.15, -0.1) is 0 Å². The third-order valence-corrected chi connectivity index (χ3v) is 8.37. The highest BCUT2D eigenvalue weighted by molar-refractivity contribution is 5.92. The molecule has 0 radical (unpaired) electrons. The zero-order valence-corrected chi connectivity index (χ0v) is 24.2. The Balaban J connectivity index is 1.18. The van der Waals surface area contributed by atoms with Crippen LogP contribution in [0.4, 0.5) is 14.6 Å². The van der Waals surface area contributed by atoms with E-state index in [1.54, 1.807) is 30.3 Å². The van der Waals surface area contributed by atoms with Crippen molar-refractivity contribution in [3.05, 3.63) is 82.9 Å². The van der Waals surface area contributed by atoms with Gasteiger partial charge in [0, 0.05) is 37.9 Å². The molecule has 10 nitrogen and oxygen atoms in total. The summed E-state index contributed by atoms with van der Waals surface area (Å²) in [5.74, 6) is 0.156. The molecule has 0 bridgehead atoms. The molecule has 44 heavy (non-hydrogen) atoms. The molecule has 0 saturated carbocycles. The monoisotopic (exact) mass is 602 g/mol. The van der Waals surface area contributed by atoms with Crippen LogP contribution in [0, 0.1) is 17.1 Å². The number of nitrogens with zero attached hydrogens (tertiary/aromatic N) is 6. The van der Waals surface area contributed by atoms with Gasteiger partial charge in [0.2, 0.25) is 5.88 Å². The van der Waals surface area contributed by atoms with Crippen molar-refractivity contribution in [3.8, 4) is 11.9 Å². The van der Waals surface area contributed by atoms with Crippen molar-refractivity contribution in [2.75, 3.05) is 37.8 Å². The lowest BCUT2D eigenvalue weighted by molar-refractivity contribution is -0.0595. The SMILES string of the molecule is C[C@@H](c1nc2ccc(C(=O)O)cc2n1CC1CCO1)N1CCN(c2cccc(OCc3ccc(C#N)cc3F)n2)CC1CF. The number of aromatic carboxylic acids is 1. The first-order valence-corrected chi connectivity index (χ1v) is 14.5. The number of anilines is 1. The maximum Gasteiger partial charge on any atom is 0.335 e. The summed E-state index contributed by atoms with van der Waals surface area (Å²) in [6.07, 6.45) is 0.936. The molecule has 2 unspecified atom stereocenters. The number of ether oxygens (including phenoxy) is 2. The maximum atomic E-state index is 14.6. The fourth-order valence-corrected chi connectivity index (χ4v) is 5.84. The van der Waals surface area contributed by atoms with Gasteiger partial charge in [0.05, 0.1) is 53.0 Å². The number of imidazole rings is 1. The highest BCUT2D eigenvalue weighted by Gasteiger charge is 2.34. The Morgan fingerprint density at radius 2 is 2.05 bits per heavy atom. The summed E-state index contributed by atoms with van der Waals surface area (Å²) in [5.41, 5.74) is 2.14. The maximum absolute atomic E-state index is 14.6. The molecule has 2 aromatic carbocycles. The molecule has 2 aliphatic heterocycles. The van der Waals surface area contributed by atoms with Crippen LogP contribution >= 0.6 is 0 Å². The number of carboxylic acids is 1. The second-order valence-electron chi connectivity index (χ2n) is 11.1. The number of piperazine rings is 1. The van der Waals surface area contributed by atoms with Crippen molar-refractivity contribution in [1.82, 2.24) is 19.4 Å². The van der Waals surface area contributed by atoms with E-state index in [1.165, 1.54) is 18.2 Å². The number of halogens is 2. The van der Waals surface area contributed by atoms with E-state index in [-0.39, 0.29) is 29.9 Å². The Kier molecular flexibility index (Phi) is 8.41. The number of nitriles is 1. The second-order valence-corrected chi connectivity index (χ2v) is 11.1. The topological polar surface area (TPSA) is 117 Å². The summed E-state index contributed by atoms with van der Waals surface area (Å²) >= 11 is 0. The van der Waals surface area contributed by atoms with E-state index >= 15 is 0 Å². The molecular formula is C32H32F2N6O4. The summed E-state index contributed by atoms with van der Waals surface area (Å²) in [5, 5.41) is 18.5. The van der Waals surface area contributed by atoms with Gasteiger partial charge in [0.25, 0.3) is 0 Å². The lowest BCUT2D eigenvalue weighted by Crippen LogP contribution is -2.55. The van der Waals surface area contributed by atoms with Crippen LogP contribution in [0.15, 0.2) is 54.6 Å². The number of alkyl halides is 1. The molecule has 228 valence electrons. The van der Waals surface area contributed by atoms with E-state index in [0.29, 0.717) is 55.6 Å². The molecule has 0 amide bonds. The predicted molar refractivity (Wildman–Crippen MR) is 158 cm³/mol. The molecule has 2 fully saturated rings. The van der Waals surface area contributed by atoms with Crippen LogP contribution in [0.2, 0.25) is 0 Å². The largest absolute Gasteiger partial charge is 0.478 e. The molecule has 2 aromatic heterocycles. The van der Waals surface area contributed by atoms with E-state index in [2.05, 4.69) is 9.88 Å². The molecule has 4 heterocycles. The van der Waals surface area contributed by atoms with Gasteiger partial charge in [-0.1, -0.05) is 12.1 Å². The molecule has 0 aliphatic carbocycles. The van der Waals surface area contributed by atoms with Crippen LogP contribution in [0.5, 0.6) is 5.88 Å². The van der Waals surface area contributed by atoms with E-state index in [4.69, 9.17) is 19.7 Å². The predicted octanol–water partition coefficient (Wildman–Crippen LogP) is 4.73. The highest BCUT2D eigenvalue weighted by Crippen LogP contribution is 2.31. The number of pyridine rings is 1. The van der Waals surface area contributed by atoms with Gasteiger partial charge >= 0.3 is 5.97 Å². The first-order chi connectivity index (χ1) is 21.3. The average molecular weight is 603 g/mol. The van der Waals surface area contributed by atoms with Crippen LogP contribution < -0.4 is 9.64 Å². The van der Waals surface area contributed by atoms with E-state index in [9.17, 15) is 18.7 Å². The van der Waals surface area contributed by atoms with Crippen LogP contribution in [-0.2, 0) is 17.9 Å². The van der Waals surface area contributed by atoms with Crippen LogP contribution in [0.1, 0.15) is 46.7 Å². The summed E-state index contributed by atoms with van der Waals surface area (Å²) in [6, 6.07) is 15.7. The lowest BCUT2D eigenvalue weighted by Gasteiger charge is -2.43. The fourth-order valence-electron chi connectivity index (χ4n) is 5.84. The zero-order chi connectivity index (χ0) is 30.8. The Morgan fingerprint density at radius 3 is 2.75 bits per heavy atom. The van der Waals surface area contributed by atoms with Crippen molar-refractivity contribution in [2.24, 2.45) is 0 Å². The average Bonchev–Trinajstić information content (AvgIpc) is 3.39. The summed E-state index contributed by atoms with van der Waals surface area (Å²) in [4.78, 5) is 25.3. The normalized spacial score (nSPS) is 19.4. The minimum Gasteiger partial charge on any atom is -0.478 e. The van der Waals surface area contributed by atoms with Gasteiger partial charge < -0.3 is 24.0 Å². The molecule has 1 N–H and O–H groups in total. The number of carbonyl (C=O) groups is 1. The van der Waals surface area contributed by atoms with Crippen LogP contribution in [-0.4, -0.2) is 75.6 Å². The smallest absolute Gasteiger partial charge is 0.335 e. The summed E-state index contributed by atoms with van der Waals surface area (Å²) in [7, 11) is 0. The van der Waals surface area contributed by atoms with Crippen molar-refractivity contribution < 1.29 is 28.2 Å². The molecule has 3 atom stereocenters. The summed E-state index contributed by atoms with van der Waals surface area (Å²) < 4.78 is 42.4. The minimum absolute atomic E-state index is 0.0228. The van der Waals surface area contributed by atoms with Crippen molar-refractivity contribution in [3.63, 3.8) is 0 Å². The fraction of sp³-hybridized carbons (Fsp3) is 0.375. The Labute approximate surface area is 253 Å². The number of fused-ring (bicyclic) bond motifs is 1. The standard InChI is InChI=1S/C32H32F2N6O4/c1-20(31-36-27-8-7-22(32(41)42)14-28(27)40(31)18-25-9-12-43-25)39-11-10-38(17-24(39)15-33)29-3-2-4-30(37-29)44-19-23-6-5-21(16-35)13-26(23)34/h2-8,13-14,20,24-25H,9-12,15,17-19H2,1H3,(H,41,42)/t20-,24?,25?/m0/s1. The molecule has 4 aromatic rings. The van der Waals surface area contributed by atoms with Gasteiger partial charge in [0.1, 0.15) is 30.7 Å². The quantitative estimate of drug-likeness (QED) is 0.275. The first-order valence-electron chi connectivity index (χ1n) is 14.5. The highest BCUT2D eigenvalue weighted by atomic mass is 19.1. The molecule has 2 saturated heterocycles. The minimum atomic E-state index is -1.01. The number of carboxylic acid groups (broad SMARTS) is 1. The third kappa shape index (κ3) is 5.93. The van der Waals surface area contributed by atoms with Gasteiger partial charge in [-0.2, -0.15) is 10.2 Å². The van der Waals surface area contributed by atoms with E-state index < -0.39 is 24.5 Å². The van der Waals surface area contributed by atoms with E-state index in [1.807, 2.05) is 28.5 Å². The number of hydrogen-bond donors (Lipinski definition) is 1. The van der Waals surface area contributed by atoms with Crippen molar-refractivity contribution >= 4 is 22.8 Å². The van der Waals surface area contributed by atoms with Gasteiger partial charge in [-0.25, -0.2) is 18.6 Å². The molecule has 12 heteroatoms. The van der Waals surface area contributed by atoms with Crippen molar-refractivity contribution in [2.45, 2.75) is 44.7 Å². The van der Waals surface area contributed by atoms with Gasteiger partial charge in [-0.3, -0.25) is 4.90 Å². The number of rotatable bonds is 10. The number of hydrogen-bond acceptors (Lipinski definition) is 8. The second kappa shape index (κ2) is 12.6. The summed E-state index contributed by atoms with van der Waals surface area (Å²) in [6.45, 7) is 4.13. The van der Waals surface area contributed by atoms with Crippen LogP contribution in [0.3, 0.4) is 0 Å². The number of aromatic nitrogens is 3. The Morgan fingerprint density at radius 1 is 1.20 bits per heavy atom. The Hall–Kier alpha value is -4.60. The van der Waals surface area contributed by atoms with E-state index in [0.717, 1.165) is 17.8 Å². The first kappa shape index (κ1) is 29.5. The Bertz CT molecular complexity index is 1720. The third-order valence-electron chi connectivity index (χ3n) is 8.37.